The van der Waals surface area contributed by atoms with Crippen molar-refractivity contribution in [1.82, 2.24) is 0 Å². The van der Waals surface area contributed by atoms with Crippen molar-refractivity contribution in [2.24, 2.45) is 16.7 Å². The van der Waals surface area contributed by atoms with Gasteiger partial charge in [-0.3, -0.25) is 4.79 Å². The number of hydrogen-bond acceptors (Lipinski definition) is 3. The minimum atomic E-state index is -3.87. The maximum Gasteiger partial charge on any atom is 0.141 e. The Morgan fingerprint density at radius 1 is 1.39 bits per heavy atom. The van der Waals surface area contributed by atoms with Gasteiger partial charge < -0.3 is 4.72 Å². The van der Waals surface area contributed by atoms with Crippen molar-refractivity contribution in [1.29, 1.82) is 0 Å². The Kier molecular flexibility index (Phi) is 3.76. The molecule has 2 aliphatic carbocycles. The van der Waals surface area contributed by atoms with Gasteiger partial charge in [-0.05, 0) is 30.2 Å². The summed E-state index contributed by atoms with van der Waals surface area (Å²) in [5.41, 5.74) is -1.12. The quantitative estimate of drug-likeness (QED) is 0.809. The lowest BCUT2D eigenvalue weighted by Gasteiger charge is -2.38. The SMILES string of the molecule is CC1(C)C2CCC1(CS(=O)(=O)[N-]c1ccc(F)c(Cl)c1)C(=O)C2. The molecule has 1 aromatic carbocycles. The highest BCUT2D eigenvalue weighted by Gasteiger charge is 2.64. The van der Waals surface area contributed by atoms with Crippen molar-refractivity contribution in [3.05, 3.63) is 33.8 Å². The Morgan fingerprint density at radius 2 is 2.09 bits per heavy atom. The molecule has 0 radical (unpaired) electrons. The van der Waals surface area contributed by atoms with Crippen LogP contribution in [0.2, 0.25) is 5.02 Å². The summed E-state index contributed by atoms with van der Waals surface area (Å²) in [6, 6.07) is 3.51. The molecule has 0 spiro atoms. The maximum atomic E-state index is 13.2. The molecule has 4 nitrogen and oxygen atoms in total. The number of carbonyl (C=O) groups excluding carboxylic acids is 1. The molecule has 2 saturated carbocycles. The molecular formula is C16H18ClFNO3S-. The highest BCUT2D eigenvalue weighted by atomic mass is 35.5. The number of rotatable bonds is 4. The standard InChI is InChI=1S/C16H18ClFNO3S/c1-15(2)10-5-6-16(15,14(20)7-10)9-23(21,22)19-11-3-4-13(18)12(17)8-11/h3-4,8,10H,5-7,9H2,1-2H3/q-1. The van der Waals surface area contributed by atoms with Crippen molar-refractivity contribution in [2.75, 3.05) is 5.75 Å². The maximum absolute atomic E-state index is 13.2. The molecule has 2 fully saturated rings. The number of sulfonamides is 1. The molecule has 126 valence electrons. The highest BCUT2D eigenvalue weighted by molar-refractivity contribution is 7.94. The Morgan fingerprint density at radius 3 is 2.61 bits per heavy atom. The lowest BCUT2D eigenvalue weighted by Crippen LogP contribution is -2.41. The smallest absolute Gasteiger partial charge is 0.141 e. The first-order valence-corrected chi connectivity index (χ1v) is 9.50. The van der Waals surface area contributed by atoms with Gasteiger partial charge in [-0.25, -0.2) is 12.8 Å². The van der Waals surface area contributed by atoms with E-state index in [0.717, 1.165) is 12.5 Å². The zero-order valence-corrected chi connectivity index (χ0v) is 14.5. The van der Waals surface area contributed by atoms with E-state index in [1.165, 1.54) is 12.1 Å². The van der Waals surface area contributed by atoms with Crippen LogP contribution >= 0.6 is 11.6 Å². The van der Waals surface area contributed by atoms with E-state index in [0.29, 0.717) is 12.8 Å². The van der Waals surface area contributed by atoms with Crippen molar-refractivity contribution in [3.8, 4) is 0 Å². The molecule has 0 saturated heterocycles. The number of carbonyl (C=O) groups is 1. The van der Waals surface area contributed by atoms with E-state index in [-0.39, 0.29) is 33.6 Å². The largest absolute Gasteiger partial charge is 0.577 e. The first kappa shape index (κ1) is 16.7. The summed E-state index contributed by atoms with van der Waals surface area (Å²) in [6.45, 7) is 3.94. The van der Waals surface area contributed by atoms with Crippen LogP contribution in [0.1, 0.15) is 33.1 Å². The van der Waals surface area contributed by atoms with Gasteiger partial charge in [-0.1, -0.05) is 37.6 Å². The van der Waals surface area contributed by atoms with E-state index in [4.69, 9.17) is 11.6 Å². The number of hydrogen-bond donors (Lipinski definition) is 0. The fraction of sp³-hybridized carbons (Fsp3) is 0.562. The number of fused-ring (bicyclic) bond motifs is 2. The Bertz CT molecular complexity index is 778. The molecule has 2 bridgehead atoms. The number of nitrogens with zero attached hydrogens (tertiary/aromatic N) is 1. The summed E-state index contributed by atoms with van der Waals surface area (Å²) in [4.78, 5) is 12.4. The second-order valence-electron chi connectivity index (χ2n) is 7.08. The molecule has 7 heteroatoms. The molecule has 23 heavy (non-hydrogen) atoms. The van der Waals surface area contributed by atoms with Crippen molar-refractivity contribution in [3.63, 3.8) is 0 Å². The molecule has 0 aliphatic heterocycles. The minimum absolute atomic E-state index is 0.0228. The normalized spacial score (nSPS) is 29.0. The van der Waals surface area contributed by atoms with Crippen LogP contribution in [0.25, 0.3) is 4.72 Å². The number of halogens is 2. The molecule has 2 unspecified atom stereocenters. The number of Topliss-reactive ketones (excluding diaryl/α,β-unsaturated/α-hetero) is 1. The van der Waals surface area contributed by atoms with Crippen LogP contribution in [0.3, 0.4) is 0 Å². The predicted octanol–water partition coefficient (Wildman–Crippen LogP) is 4.21. The van der Waals surface area contributed by atoms with E-state index in [1.807, 2.05) is 13.8 Å². The molecule has 1 aromatic rings. The second-order valence-corrected chi connectivity index (χ2v) is 9.12. The van der Waals surface area contributed by atoms with Crippen LogP contribution in [0.4, 0.5) is 10.1 Å². The van der Waals surface area contributed by atoms with E-state index in [9.17, 15) is 17.6 Å². The molecule has 0 N–H and O–H groups in total. The second kappa shape index (κ2) is 5.18. The summed E-state index contributed by atoms with van der Waals surface area (Å²) in [5, 5.41) is -0.183. The van der Waals surface area contributed by atoms with Gasteiger partial charge in [-0.15, -0.1) is 5.69 Å². The predicted molar refractivity (Wildman–Crippen MR) is 86.8 cm³/mol. The van der Waals surface area contributed by atoms with Crippen molar-refractivity contribution >= 4 is 33.1 Å². The lowest BCUT2D eigenvalue weighted by molar-refractivity contribution is -0.128. The third kappa shape index (κ3) is 2.56. The van der Waals surface area contributed by atoms with Crippen LogP contribution in [-0.2, 0) is 14.8 Å². The first-order valence-electron chi connectivity index (χ1n) is 7.51. The van der Waals surface area contributed by atoms with Gasteiger partial charge in [0.1, 0.15) is 11.6 Å². The van der Waals surface area contributed by atoms with Gasteiger partial charge >= 0.3 is 0 Å². The Balaban J connectivity index is 1.86. The third-order valence-corrected chi connectivity index (χ3v) is 7.35. The summed E-state index contributed by atoms with van der Waals surface area (Å²) < 4.78 is 41.9. The van der Waals surface area contributed by atoms with Gasteiger partial charge in [0, 0.05) is 17.6 Å². The highest BCUT2D eigenvalue weighted by Crippen LogP contribution is 2.64. The zero-order chi connectivity index (χ0) is 17.0. The fourth-order valence-electron chi connectivity index (χ4n) is 4.15. The van der Waals surface area contributed by atoms with Crippen LogP contribution in [0.15, 0.2) is 18.2 Å². The monoisotopic (exact) mass is 358 g/mol. The molecule has 0 amide bonds. The molecular weight excluding hydrogens is 341 g/mol. The van der Waals surface area contributed by atoms with E-state index >= 15 is 0 Å². The molecule has 0 heterocycles. The molecule has 0 aromatic heterocycles. The number of benzene rings is 1. The average Bonchev–Trinajstić information content (AvgIpc) is 2.76. The first-order chi connectivity index (χ1) is 10.6. The molecule has 3 rings (SSSR count). The average molecular weight is 359 g/mol. The number of ketones is 1. The third-order valence-electron chi connectivity index (χ3n) is 5.72. The summed E-state index contributed by atoms with van der Waals surface area (Å²) in [7, 11) is -3.87. The minimum Gasteiger partial charge on any atom is -0.577 e. The van der Waals surface area contributed by atoms with Gasteiger partial charge in [0.05, 0.1) is 15.0 Å². The Hall–Kier alpha value is -1.14. The van der Waals surface area contributed by atoms with E-state index in [2.05, 4.69) is 4.72 Å². The van der Waals surface area contributed by atoms with Crippen molar-refractivity contribution in [2.45, 2.75) is 33.1 Å². The van der Waals surface area contributed by atoms with Crippen molar-refractivity contribution < 1.29 is 17.6 Å². The Labute approximate surface area is 140 Å². The molecule has 2 aliphatic rings. The van der Waals surface area contributed by atoms with Gasteiger partial charge in [0.15, 0.2) is 0 Å². The van der Waals surface area contributed by atoms with Crippen LogP contribution < -0.4 is 0 Å². The fourth-order valence-corrected chi connectivity index (χ4v) is 6.13. The topological polar surface area (TPSA) is 65.3 Å². The van der Waals surface area contributed by atoms with Gasteiger partial charge in [0.25, 0.3) is 0 Å². The summed E-state index contributed by atoms with van der Waals surface area (Å²) in [6.07, 6.45) is 1.91. The molecule has 2 atom stereocenters. The lowest BCUT2D eigenvalue weighted by atomic mass is 9.70. The van der Waals surface area contributed by atoms with E-state index < -0.39 is 21.3 Å². The van der Waals surface area contributed by atoms with Gasteiger partial charge in [-0.2, -0.15) is 0 Å². The summed E-state index contributed by atoms with van der Waals surface area (Å²) >= 11 is 5.66. The zero-order valence-electron chi connectivity index (χ0n) is 13.0. The van der Waals surface area contributed by atoms with Gasteiger partial charge in [0.2, 0.25) is 0 Å². The van der Waals surface area contributed by atoms with E-state index in [1.54, 1.807) is 0 Å². The summed E-state index contributed by atoms with van der Waals surface area (Å²) in [5.74, 6) is -0.662. The van der Waals surface area contributed by atoms with Crippen LogP contribution in [-0.4, -0.2) is 20.0 Å². The van der Waals surface area contributed by atoms with Crippen LogP contribution in [0.5, 0.6) is 0 Å². The van der Waals surface area contributed by atoms with Crippen LogP contribution in [0, 0.1) is 22.6 Å².